The second kappa shape index (κ2) is 6.86. The van der Waals surface area contributed by atoms with Gasteiger partial charge in [0, 0.05) is 11.4 Å². The van der Waals surface area contributed by atoms with E-state index in [1.54, 1.807) is 17.4 Å². The third kappa shape index (κ3) is 3.75. The second-order valence-electron chi connectivity index (χ2n) is 6.16. The van der Waals surface area contributed by atoms with Gasteiger partial charge in [-0.15, -0.1) is 11.3 Å². The minimum atomic E-state index is -3.75. The molecular weight excluding hydrogens is 360 g/mol. The van der Waals surface area contributed by atoms with E-state index in [2.05, 4.69) is 9.71 Å². The summed E-state index contributed by atoms with van der Waals surface area (Å²) in [7, 11) is -3.75. The Labute approximate surface area is 151 Å². The highest BCUT2D eigenvalue weighted by Gasteiger charge is 2.26. The summed E-state index contributed by atoms with van der Waals surface area (Å²) in [5.74, 6) is -1.11. The molecular formula is C17H20N2O4S2. The topological polar surface area (TPSA) is 96.4 Å². The average molecular weight is 380 g/mol. The minimum Gasteiger partial charge on any atom is -0.478 e. The Morgan fingerprint density at radius 1 is 1.32 bits per heavy atom. The lowest BCUT2D eigenvalue weighted by atomic mass is 10.1. The molecule has 0 unspecified atom stereocenters. The standard InChI is InChI=1S/C17H20N2O4S2/c1-10-15(24-11(2)19-10)6-7-18-25(22,23)16-9-13(17(20)21)8-12-4-3-5-14(12)16/h8-9,18H,3-7H2,1-2H3,(H,20,21). The van der Waals surface area contributed by atoms with Crippen LogP contribution in [0.2, 0.25) is 0 Å². The Balaban J connectivity index is 1.82. The molecule has 3 rings (SSSR count). The van der Waals surface area contributed by atoms with Crippen LogP contribution in [0.1, 0.15) is 43.5 Å². The molecule has 6 nitrogen and oxygen atoms in total. The first-order chi connectivity index (χ1) is 11.8. The smallest absolute Gasteiger partial charge is 0.335 e. The SMILES string of the molecule is Cc1nc(C)c(CCNS(=O)(=O)c2cc(C(=O)O)cc3c2CCC3)s1. The Kier molecular flexibility index (Phi) is 4.95. The van der Waals surface area contributed by atoms with Gasteiger partial charge in [-0.25, -0.2) is 22.9 Å². The first-order valence-electron chi connectivity index (χ1n) is 8.09. The predicted octanol–water partition coefficient (Wildman–Crippen LogP) is 2.47. The lowest BCUT2D eigenvalue weighted by Gasteiger charge is -2.12. The Hall–Kier alpha value is -1.77. The van der Waals surface area contributed by atoms with E-state index < -0.39 is 16.0 Å². The summed E-state index contributed by atoms with van der Waals surface area (Å²) in [4.78, 5) is 16.8. The van der Waals surface area contributed by atoms with Crippen molar-refractivity contribution in [3.8, 4) is 0 Å². The van der Waals surface area contributed by atoms with Gasteiger partial charge in [-0.05, 0) is 62.8 Å². The highest BCUT2D eigenvalue weighted by Crippen LogP contribution is 2.30. The molecule has 0 bridgehead atoms. The van der Waals surface area contributed by atoms with Gasteiger partial charge in [0.15, 0.2) is 0 Å². The van der Waals surface area contributed by atoms with Crippen molar-refractivity contribution in [3.63, 3.8) is 0 Å². The summed E-state index contributed by atoms with van der Waals surface area (Å²) < 4.78 is 28.1. The van der Waals surface area contributed by atoms with E-state index in [1.165, 1.54) is 6.07 Å². The van der Waals surface area contributed by atoms with Crippen molar-refractivity contribution in [2.24, 2.45) is 0 Å². The molecule has 2 aromatic rings. The number of nitrogens with zero attached hydrogens (tertiary/aromatic N) is 1. The number of aromatic carboxylic acids is 1. The van der Waals surface area contributed by atoms with E-state index in [-0.39, 0.29) is 17.0 Å². The van der Waals surface area contributed by atoms with Gasteiger partial charge in [-0.2, -0.15) is 0 Å². The van der Waals surface area contributed by atoms with Crippen molar-refractivity contribution in [1.29, 1.82) is 0 Å². The summed E-state index contributed by atoms with van der Waals surface area (Å²) in [6, 6.07) is 2.87. The number of fused-ring (bicyclic) bond motifs is 1. The second-order valence-corrected chi connectivity index (χ2v) is 9.18. The van der Waals surface area contributed by atoms with Crippen LogP contribution >= 0.6 is 11.3 Å². The number of aryl methyl sites for hydroxylation is 3. The summed E-state index contributed by atoms with van der Waals surface area (Å²) in [5, 5.41) is 10.2. The molecule has 25 heavy (non-hydrogen) atoms. The molecule has 0 amide bonds. The molecule has 0 aliphatic heterocycles. The van der Waals surface area contributed by atoms with E-state index >= 15 is 0 Å². The first kappa shape index (κ1) is 18.0. The van der Waals surface area contributed by atoms with E-state index in [1.807, 2.05) is 13.8 Å². The number of hydrogen-bond acceptors (Lipinski definition) is 5. The summed E-state index contributed by atoms with van der Waals surface area (Å²) in [6.45, 7) is 4.10. The molecule has 8 heteroatoms. The Bertz CT molecular complexity index is 932. The lowest BCUT2D eigenvalue weighted by Crippen LogP contribution is -2.27. The molecule has 0 atom stereocenters. The zero-order valence-electron chi connectivity index (χ0n) is 14.1. The van der Waals surface area contributed by atoms with Crippen LogP contribution in [0.15, 0.2) is 17.0 Å². The van der Waals surface area contributed by atoms with Crippen LogP contribution in [-0.4, -0.2) is 31.0 Å². The summed E-state index contributed by atoms with van der Waals surface area (Å²) >= 11 is 1.56. The number of carbonyl (C=O) groups is 1. The monoisotopic (exact) mass is 380 g/mol. The number of nitrogens with one attached hydrogen (secondary N) is 1. The Morgan fingerprint density at radius 3 is 2.72 bits per heavy atom. The fraction of sp³-hybridized carbons (Fsp3) is 0.412. The van der Waals surface area contributed by atoms with Crippen LogP contribution in [0.3, 0.4) is 0 Å². The molecule has 0 saturated carbocycles. The molecule has 0 radical (unpaired) electrons. The molecule has 134 valence electrons. The van der Waals surface area contributed by atoms with Crippen molar-refractivity contribution in [1.82, 2.24) is 9.71 Å². The van der Waals surface area contributed by atoms with Crippen molar-refractivity contribution in [2.45, 2.75) is 44.4 Å². The maximum atomic E-state index is 12.7. The molecule has 0 saturated heterocycles. The highest BCUT2D eigenvalue weighted by atomic mass is 32.2. The van der Waals surface area contributed by atoms with Crippen LogP contribution in [0.5, 0.6) is 0 Å². The van der Waals surface area contributed by atoms with Crippen LogP contribution in [0, 0.1) is 13.8 Å². The third-order valence-corrected chi connectivity index (χ3v) is 7.01. The van der Waals surface area contributed by atoms with Gasteiger partial charge in [0.05, 0.1) is 21.2 Å². The summed E-state index contributed by atoms with van der Waals surface area (Å²) in [5.41, 5.74) is 2.53. The van der Waals surface area contributed by atoms with Crippen molar-refractivity contribution >= 4 is 27.3 Å². The molecule has 1 aliphatic rings. The summed E-state index contributed by atoms with van der Waals surface area (Å²) in [6.07, 6.45) is 2.80. The van der Waals surface area contributed by atoms with E-state index in [4.69, 9.17) is 0 Å². The fourth-order valence-corrected chi connectivity index (χ4v) is 5.51. The molecule has 1 aromatic heterocycles. The van der Waals surface area contributed by atoms with Gasteiger partial charge in [0.1, 0.15) is 0 Å². The number of hydrogen-bond donors (Lipinski definition) is 2. The third-order valence-electron chi connectivity index (χ3n) is 4.35. The quantitative estimate of drug-likeness (QED) is 0.802. The molecule has 1 aromatic carbocycles. The van der Waals surface area contributed by atoms with Gasteiger partial charge in [-0.3, -0.25) is 0 Å². The van der Waals surface area contributed by atoms with E-state index in [9.17, 15) is 18.3 Å². The van der Waals surface area contributed by atoms with E-state index in [0.717, 1.165) is 39.5 Å². The number of benzene rings is 1. The normalized spacial score (nSPS) is 13.8. The van der Waals surface area contributed by atoms with Crippen LogP contribution < -0.4 is 4.72 Å². The molecule has 2 N–H and O–H groups in total. The van der Waals surface area contributed by atoms with Gasteiger partial charge in [0.2, 0.25) is 10.0 Å². The fourth-order valence-electron chi connectivity index (χ4n) is 3.21. The molecule has 1 aliphatic carbocycles. The van der Waals surface area contributed by atoms with Crippen LogP contribution in [0.4, 0.5) is 0 Å². The highest BCUT2D eigenvalue weighted by molar-refractivity contribution is 7.89. The predicted molar refractivity (Wildman–Crippen MR) is 95.9 cm³/mol. The zero-order valence-corrected chi connectivity index (χ0v) is 15.8. The maximum Gasteiger partial charge on any atom is 0.335 e. The van der Waals surface area contributed by atoms with Gasteiger partial charge in [-0.1, -0.05) is 0 Å². The maximum absolute atomic E-state index is 12.7. The average Bonchev–Trinajstić information content (AvgIpc) is 3.12. The van der Waals surface area contributed by atoms with Crippen LogP contribution in [0.25, 0.3) is 0 Å². The van der Waals surface area contributed by atoms with Crippen LogP contribution in [-0.2, 0) is 29.3 Å². The van der Waals surface area contributed by atoms with E-state index in [0.29, 0.717) is 12.8 Å². The zero-order chi connectivity index (χ0) is 18.2. The molecule has 0 fully saturated rings. The minimum absolute atomic E-state index is 0.0231. The first-order valence-corrected chi connectivity index (χ1v) is 10.4. The van der Waals surface area contributed by atoms with Crippen molar-refractivity contribution < 1.29 is 18.3 Å². The van der Waals surface area contributed by atoms with Crippen molar-refractivity contribution in [3.05, 3.63) is 44.4 Å². The Morgan fingerprint density at radius 2 is 2.08 bits per heavy atom. The number of sulfonamides is 1. The number of carboxylic acid groups (broad SMARTS) is 1. The lowest BCUT2D eigenvalue weighted by molar-refractivity contribution is 0.0696. The van der Waals surface area contributed by atoms with Gasteiger partial charge < -0.3 is 5.11 Å². The number of aromatic nitrogens is 1. The largest absolute Gasteiger partial charge is 0.478 e. The molecule has 0 spiro atoms. The van der Waals surface area contributed by atoms with Crippen molar-refractivity contribution in [2.75, 3.05) is 6.54 Å². The van der Waals surface area contributed by atoms with Gasteiger partial charge >= 0.3 is 5.97 Å². The number of carboxylic acids is 1. The number of thiazole rings is 1. The van der Waals surface area contributed by atoms with Gasteiger partial charge in [0.25, 0.3) is 0 Å². The number of rotatable bonds is 6. The molecule has 1 heterocycles.